The highest BCUT2D eigenvalue weighted by Crippen LogP contribution is 2.22. The van der Waals surface area contributed by atoms with Gasteiger partial charge in [-0.15, -0.1) is 0 Å². The molecule has 0 aliphatic heterocycles. The lowest BCUT2D eigenvalue weighted by Gasteiger charge is -2.04. The van der Waals surface area contributed by atoms with Gasteiger partial charge < -0.3 is 5.11 Å². The van der Waals surface area contributed by atoms with Crippen LogP contribution in [0.25, 0.3) is 23.0 Å². The molecule has 5 nitrogen and oxygen atoms in total. The Hall–Kier alpha value is -3.34. The molecule has 0 atom stereocenters. The summed E-state index contributed by atoms with van der Waals surface area (Å²) >= 11 is 0. The van der Waals surface area contributed by atoms with Crippen LogP contribution in [0.15, 0.2) is 64.4 Å². The molecule has 5 heteroatoms. The normalized spacial score (nSPS) is 11.0. The fourth-order valence-corrected chi connectivity index (χ4v) is 2.29. The maximum Gasteiger partial charge on any atom is 0.439 e. The van der Waals surface area contributed by atoms with E-state index in [4.69, 9.17) is 0 Å². The van der Waals surface area contributed by atoms with E-state index in [0.29, 0.717) is 5.82 Å². The smallest absolute Gasteiger partial charge is 0.439 e. The zero-order valence-corrected chi connectivity index (χ0v) is 13.1. The van der Waals surface area contributed by atoms with Gasteiger partial charge >= 0.3 is 5.76 Å². The van der Waals surface area contributed by atoms with Gasteiger partial charge in [-0.2, -0.15) is 0 Å². The molecule has 0 aliphatic carbocycles. The van der Waals surface area contributed by atoms with Crippen LogP contribution in [0.4, 0.5) is 0 Å². The molecule has 0 aliphatic rings. The fourth-order valence-electron chi connectivity index (χ4n) is 2.29. The topological polar surface area (TPSA) is 79.1 Å². The molecule has 0 unspecified atom stereocenters. The van der Waals surface area contributed by atoms with Crippen LogP contribution in [0.5, 0.6) is 5.75 Å². The number of aromatic amines is 1. The van der Waals surface area contributed by atoms with Crippen molar-refractivity contribution >= 4 is 11.6 Å². The molecule has 3 rings (SSSR count). The Morgan fingerprint density at radius 3 is 2.67 bits per heavy atom. The molecule has 0 fully saturated rings. The molecule has 2 N–H and O–H groups in total. The number of nitrogens with one attached hydrogen (secondary N) is 1. The third-order valence-electron chi connectivity index (χ3n) is 3.70. The number of benzene rings is 2. The molecule has 3 aromatic rings. The van der Waals surface area contributed by atoms with E-state index in [-0.39, 0.29) is 5.75 Å². The molecule has 0 spiro atoms. The monoisotopic (exact) mass is 320 g/mol. The van der Waals surface area contributed by atoms with Crippen molar-refractivity contribution in [1.82, 2.24) is 10.1 Å². The number of aromatic hydroxyl groups is 1. The van der Waals surface area contributed by atoms with Gasteiger partial charge in [0.05, 0.1) is 0 Å². The lowest BCUT2D eigenvalue weighted by molar-refractivity contribution is 0.388. The molecule has 0 amide bonds. The number of hydrogen-bond acceptors (Lipinski definition) is 4. The van der Waals surface area contributed by atoms with E-state index in [0.717, 1.165) is 27.8 Å². The zero-order chi connectivity index (χ0) is 17.1. The maximum atomic E-state index is 11.0. The molecule has 120 valence electrons. The zero-order valence-electron chi connectivity index (χ0n) is 13.1. The lowest BCUT2D eigenvalue weighted by Crippen LogP contribution is -1.94. The Kier molecular flexibility index (Phi) is 4.16. The van der Waals surface area contributed by atoms with Gasteiger partial charge in [0, 0.05) is 5.56 Å². The van der Waals surface area contributed by atoms with E-state index in [1.807, 2.05) is 49.4 Å². The summed E-state index contributed by atoms with van der Waals surface area (Å²) in [6.45, 7) is 6.04. The summed E-state index contributed by atoms with van der Waals surface area (Å²) in [5, 5.41) is 13.2. The average Bonchev–Trinajstić information content (AvgIpc) is 3.02. The second kappa shape index (κ2) is 6.42. The number of nitrogens with zero attached hydrogens (tertiary/aromatic N) is 1. The van der Waals surface area contributed by atoms with Crippen LogP contribution in [0.1, 0.15) is 16.7 Å². The van der Waals surface area contributed by atoms with Gasteiger partial charge in [-0.3, -0.25) is 9.51 Å². The number of aryl methyl sites for hydroxylation is 1. The highest BCUT2D eigenvalue weighted by molar-refractivity contribution is 5.78. The number of aromatic nitrogens is 2. The molecule has 24 heavy (non-hydrogen) atoms. The highest BCUT2D eigenvalue weighted by atomic mass is 16.5. The van der Waals surface area contributed by atoms with Gasteiger partial charge in [0.15, 0.2) is 5.82 Å². The van der Waals surface area contributed by atoms with Crippen LogP contribution < -0.4 is 5.76 Å². The van der Waals surface area contributed by atoms with Crippen molar-refractivity contribution in [2.45, 2.75) is 6.92 Å². The molecule has 2 aromatic carbocycles. The molecular weight excluding hydrogens is 304 g/mol. The minimum atomic E-state index is -0.581. The van der Waals surface area contributed by atoms with Gasteiger partial charge in [0.25, 0.3) is 0 Å². The largest absolute Gasteiger partial charge is 0.508 e. The second-order valence-electron chi connectivity index (χ2n) is 5.42. The molecule has 1 heterocycles. The first kappa shape index (κ1) is 15.6. The Morgan fingerprint density at radius 1 is 1.25 bits per heavy atom. The molecule has 0 saturated heterocycles. The van der Waals surface area contributed by atoms with E-state index < -0.39 is 5.76 Å². The van der Waals surface area contributed by atoms with Crippen molar-refractivity contribution in [3.05, 3.63) is 82.4 Å². The molecule has 1 aromatic heterocycles. The predicted molar refractivity (Wildman–Crippen MR) is 93.5 cm³/mol. The quantitative estimate of drug-likeness (QED) is 0.717. The number of rotatable bonds is 4. The van der Waals surface area contributed by atoms with E-state index in [2.05, 4.69) is 21.2 Å². The summed E-state index contributed by atoms with van der Waals surface area (Å²) in [5.41, 5.74) is 4.54. The van der Waals surface area contributed by atoms with Crippen LogP contribution in [-0.4, -0.2) is 15.2 Å². The summed E-state index contributed by atoms with van der Waals surface area (Å²) in [7, 11) is 0. The van der Waals surface area contributed by atoms with Crippen molar-refractivity contribution in [3.63, 3.8) is 0 Å². The van der Waals surface area contributed by atoms with Crippen molar-refractivity contribution < 1.29 is 9.63 Å². The number of hydrogen-bond donors (Lipinski definition) is 2. The summed E-state index contributed by atoms with van der Waals surface area (Å²) in [5.74, 6) is 0.0443. The minimum absolute atomic E-state index is 0.233. The Bertz CT molecular complexity index is 963. The summed E-state index contributed by atoms with van der Waals surface area (Å²) < 4.78 is 4.49. The standard InChI is InChI=1S/C19H16N2O3/c1-12(3-5-16-11-17(22)10-4-13(16)2)14-6-8-15(9-7-14)18-20-19(23)24-21-18/h3-11,22H,1H2,2H3,(H,20,21,23)/b5-3-. The molecular formula is C19H16N2O3. The third-order valence-corrected chi connectivity index (χ3v) is 3.70. The van der Waals surface area contributed by atoms with Crippen molar-refractivity contribution in [2.75, 3.05) is 0 Å². The lowest BCUT2D eigenvalue weighted by atomic mass is 10.0. The summed E-state index contributed by atoms with van der Waals surface area (Å²) in [6.07, 6.45) is 3.81. The van der Waals surface area contributed by atoms with E-state index in [1.165, 1.54) is 0 Å². The Labute approximate surface area is 138 Å². The van der Waals surface area contributed by atoms with Gasteiger partial charge in [-0.25, -0.2) is 4.79 Å². The second-order valence-corrected chi connectivity index (χ2v) is 5.42. The van der Waals surface area contributed by atoms with Crippen LogP contribution in [0, 0.1) is 6.92 Å². The van der Waals surface area contributed by atoms with Gasteiger partial charge in [0.1, 0.15) is 5.75 Å². The van der Waals surface area contributed by atoms with Crippen molar-refractivity contribution in [2.24, 2.45) is 0 Å². The first-order valence-electron chi connectivity index (χ1n) is 7.36. The van der Waals surface area contributed by atoms with Crippen molar-refractivity contribution in [1.29, 1.82) is 0 Å². The first-order chi connectivity index (χ1) is 11.5. The van der Waals surface area contributed by atoms with E-state index in [9.17, 15) is 9.90 Å². The van der Waals surface area contributed by atoms with Crippen LogP contribution in [0.3, 0.4) is 0 Å². The molecule has 0 bridgehead atoms. The summed E-state index contributed by atoms with van der Waals surface area (Å²) in [4.78, 5) is 13.5. The maximum absolute atomic E-state index is 11.0. The van der Waals surface area contributed by atoms with Crippen LogP contribution in [-0.2, 0) is 0 Å². The van der Waals surface area contributed by atoms with E-state index >= 15 is 0 Å². The van der Waals surface area contributed by atoms with Crippen LogP contribution >= 0.6 is 0 Å². The number of phenols is 1. The Morgan fingerprint density at radius 2 is 2.00 bits per heavy atom. The fraction of sp³-hybridized carbons (Fsp3) is 0.0526. The van der Waals surface area contributed by atoms with Gasteiger partial charge in [-0.05, 0) is 41.3 Å². The summed E-state index contributed by atoms with van der Waals surface area (Å²) in [6, 6.07) is 12.7. The predicted octanol–water partition coefficient (Wildman–Crippen LogP) is 3.77. The Balaban J connectivity index is 1.79. The number of allylic oxidation sites excluding steroid dienone is 2. The minimum Gasteiger partial charge on any atom is -0.508 e. The van der Waals surface area contributed by atoms with Gasteiger partial charge in [-0.1, -0.05) is 54.2 Å². The molecule has 0 saturated carbocycles. The van der Waals surface area contributed by atoms with Crippen LogP contribution in [0.2, 0.25) is 0 Å². The SMILES string of the molecule is C=C(/C=C\c1cc(O)ccc1C)c1ccc(-c2noc(=O)[nH]2)cc1. The van der Waals surface area contributed by atoms with Crippen molar-refractivity contribution in [3.8, 4) is 17.1 Å². The first-order valence-corrected chi connectivity index (χ1v) is 7.36. The van der Waals surface area contributed by atoms with Gasteiger partial charge in [0.2, 0.25) is 0 Å². The highest BCUT2D eigenvalue weighted by Gasteiger charge is 2.04. The van der Waals surface area contributed by atoms with E-state index in [1.54, 1.807) is 12.1 Å². The molecule has 0 radical (unpaired) electrons. The average molecular weight is 320 g/mol. The number of H-pyrrole nitrogens is 1. The third kappa shape index (κ3) is 3.35. The number of phenolic OH excluding ortho intramolecular Hbond substituents is 1.